The van der Waals surface area contributed by atoms with Gasteiger partial charge in [0.1, 0.15) is 0 Å². The number of rotatable bonds is 6. The first-order chi connectivity index (χ1) is 13.4. The molecule has 3 rings (SSSR count). The van der Waals surface area contributed by atoms with Gasteiger partial charge in [0.05, 0.1) is 27.8 Å². The summed E-state index contributed by atoms with van der Waals surface area (Å²) in [5.74, 6) is -0.111. The van der Waals surface area contributed by atoms with E-state index >= 15 is 0 Å². The van der Waals surface area contributed by atoms with Gasteiger partial charge in [-0.05, 0) is 38.1 Å². The maximum absolute atomic E-state index is 11.8. The van der Waals surface area contributed by atoms with E-state index in [1.54, 1.807) is 35.7 Å². The Balaban J connectivity index is 1.72. The van der Waals surface area contributed by atoms with Crippen LogP contribution in [0.25, 0.3) is 10.6 Å². The fourth-order valence-corrected chi connectivity index (χ4v) is 3.42. The fraction of sp³-hybridized carbons (Fsp3) is 0.211. The van der Waals surface area contributed by atoms with Crippen LogP contribution >= 0.6 is 11.3 Å². The molecular weight excluding hydrogens is 376 g/mol. The van der Waals surface area contributed by atoms with E-state index in [0.717, 1.165) is 27.0 Å². The van der Waals surface area contributed by atoms with Gasteiger partial charge in [-0.3, -0.25) is 9.59 Å². The molecule has 0 saturated heterocycles. The number of aromatic nitrogens is 3. The zero-order chi connectivity index (χ0) is 20.1. The van der Waals surface area contributed by atoms with Crippen molar-refractivity contribution in [1.82, 2.24) is 20.3 Å². The summed E-state index contributed by atoms with van der Waals surface area (Å²) in [5, 5.41) is 9.32. The van der Waals surface area contributed by atoms with Crippen LogP contribution in [0.2, 0.25) is 0 Å². The summed E-state index contributed by atoms with van der Waals surface area (Å²) in [6, 6.07) is 9.03. The molecule has 3 N–H and O–H groups in total. The number of aryl methyl sites for hydroxylation is 2. The molecule has 1 aromatic carbocycles. The summed E-state index contributed by atoms with van der Waals surface area (Å²) >= 11 is 1.59. The van der Waals surface area contributed by atoms with Crippen molar-refractivity contribution in [3.05, 3.63) is 47.2 Å². The Labute approximate surface area is 166 Å². The zero-order valence-corrected chi connectivity index (χ0v) is 16.6. The highest BCUT2D eigenvalue weighted by Gasteiger charge is 2.10. The lowest BCUT2D eigenvalue weighted by Crippen LogP contribution is -2.31. The van der Waals surface area contributed by atoms with Gasteiger partial charge in [0.15, 0.2) is 0 Å². The zero-order valence-electron chi connectivity index (χ0n) is 15.7. The summed E-state index contributed by atoms with van der Waals surface area (Å²) in [4.78, 5) is 37.0. The molecule has 8 nitrogen and oxygen atoms in total. The number of nitrogens with zero attached hydrogens (tertiary/aromatic N) is 3. The van der Waals surface area contributed by atoms with Gasteiger partial charge >= 0.3 is 0 Å². The Bertz CT molecular complexity index is 1020. The molecule has 144 valence electrons. The summed E-state index contributed by atoms with van der Waals surface area (Å²) in [5.41, 5.74) is 3.08. The van der Waals surface area contributed by atoms with Crippen LogP contribution < -0.4 is 16.0 Å². The summed E-state index contributed by atoms with van der Waals surface area (Å²) in [6.07, 6.45) is 1.69. The Morgan fingerprint density at radius 3 is 2.61 bits per heavy atom. The third-order valence-electron chi connectivity index (χ3n) is 3.69. The second kappa shape index (κ2) is 8.57. The largest absolute Gasteiger partial charge is 0.347 e. The van der Waals surface area contributed by atoms with E-state index in [-0.39, 0.29) is 18.4 Å². The van der Waals surface area contributed by atoms with Crippen LogP contribution in [0.15, 0.2) is 36.5 Å². The van der Waals surface area contributed by atoms with Crippen molar-refractivity contribution in [1.29, 1.82) is 0 Å². The quantitative estimate of drug-likeness (QED) is 0.591. The second-order valence-corrected chi connectivity index (χ2v) is 7.28. The maximum Gasteiger partial charge on any atom is 0.243 e. The van der Waals surface area contributed by atoms with E-state index in [4.69, 9.17) is 0 Å². The van der Waals surface area contributed by atoms with E-state index in [1.165, 1.54) is 6.92 Å². The van der Waals surface area contributed by atoms with Gasteiger partial charge in [-0.15, -0.1) is 11.3 Å². The predicted octanol–water partition coefficient (Wildman–Crippen LogP) is 3.04. The molecule has 2 aromatic heterocycles. The Hall–Kier alpha value is -3.33. The minimum Gasteiger partial charge on any atom is -0.347 e. The van der Waals surface area contributed by atoms with Crippen LogP contribution in [0.3, 0.4) is 0 Å². The van der Waals surface area contributed by atoms with Crippen molar-refractivity contribution in [2.45, 2.75) is 20.8 Å². The molecule has 9 heteroatoms. The third kappa shape index (κ3) is 5.10. The van der Waals surface area contributed by atoms with E-state index in [1.807, 2.05) is 26.0 Å². The van der Waals surface area contributed by atoms with Crippen LogP contribution in [-0.2, 0) is 9.59 Å². The van der Waals surface area contributed by atoms with Crippen LogP contribution in [0.5, 0.6) is 0 Å². The SMILES string of the molecule is CC(=O)NCC(=O)Nc1cccc(Nc2nccc(-c3sc(C)nc3C)n2)c1. The van der Waals surface area contributed by atoms with Crippen LogP contribution in [0, 0.1) is 13.8 Å². The molecule has 2 heterocycles. The van der Waals surface area contributed by atoms with Crippen molar-refractivity contribution < 1.29 is 9.59 Å². The number of amides is 2. The molecule has 0 aliphatic carbocycles. The van der Waals surface area contributed by atoms with Gasteiger partial charge < -0.3 is 16.0 Å². The molecule has 0 aliphatic rings. The van der Waals surface area contributed by atoms with E-state index < -0.39 is 0 Å². The number of nitrogens with one attached hydrogen (secondary N) is 3. The maximum atomic E-state index is 11.8. The molecule has 0 spiro atoms. The van der Waals surface area contributed by atoms with Crippen molar-refractivity contribution in [2.24, 2.45) is 0 Å². The normalized spacial score (nSPS) is 10.4. The number of anilines is 3. The molecule has 0 atom stereocenters. The van der Waals surface area contributed by atoms with Crippen LogP contribution in [0.1, 0.15) is 17.6 Å². The number of thiazole rings is 1. The Morgan fingerprint density at radius 2 is 1.89 bits per heavy atom. The molecule has 0 aliphatic heterocycles. The number of hydrogen-bond acceptors (Lipinski definition) is 7. The molecule has 0 saturated carbocycles. The first-order valence-electron chi connectivity index (χ1n) is 8.59. The Kier molecular flexibility index (Phi) is 5.95. The van der Waals surface area contributed by atoms with Gasteiger partial charge in [-0.2, -0.15) is 0 Å². The van der Waals surface area contributed by atoms with E-state index in [9.17, 15) is 9.59 Å². The highest BCUT2D eigenvalue weighted by molar-refractivity contribution is 7.15. The molecule has 2 amide bonds. The lowest BCUT2D eigenvalue weighted by molar-refractivity contribution is -0.122. The van der Waals surface area contributed by atoms with Gasteiger partial charge in [-0.1, -0.05) is 6.07 Å². The van der Waals surface area contributed by atoms with Crippen molar-refractivity contribution in [2.75, 3.05) is 17.2 Å². The topological polar surface area (TPSA) is 109 Å². The molecular formula is C19H20N6O2S. The first-order valence-corrected chi connectivity index (χ1v) is 9.41. The van der Waals surface area contributed by atoms with Gasteiger partial charge in [0.2, 0.25) is 17.8 Å². The van der Waals surface area contributed by atoms with Crippen molar-refractivity contribution in [3.8, 4) is 10.6 Å². The third-order valence-corrected chi connectivity index (χ3v) is 4.79. The summed E-state index contributed by atoms with van der Waals surface area (Å²) in [6.45, 7) is 5.21. The smallest absolute Gasteiger partial charge is 0.243 e. The van der Waals surface area contributed by atoms with E-state index in [2.05, 4.69) is 30.9 Å². The minimum absolute atomic E-state index is 0.0776. The highest BCUT2D eigenvalue weighted by Crippen LogP contribution is 2.29. The fourth-order valence-electron chi connectivity index (χ4n) is 2.53. The first kappa shape index (κ1) is 19.4. The highest BCUT2D eigenvalue weighted by atomic mass is 32.1. The monoisotopic (exact) mass is 396 g/mol. The average Bonchev–Trinajstić information content (AvgIpc) is 2.99. The molecule has 0 bridgehead atoms. The van der Waals surface area contributed by atoms with Gasteiger partial charge in [0.25, 0.3) is 0 Å². The molecule has 28 heavy (non-hydrogen) atoms. The van der Waals surface area contributed by atoms with Gasteiger partial charge in [0, 0.05) is 24.5 Å². The standard InChI is InChI=1S/C19H20N6O2S/c1-11-18(28-13(3)22-11)16-7-8-20-19(25-16)24-15-6-4-5-14(9-15)23-17(27)10-21-12(2)26/h4-9H,10H2,1-3H3,(H,21,26)(H,23,27)(H,20,24,25). The minimum atomic E-state index is -0.304. The number of benzene rings is 1. The lowest BCUT2D eigenvalue weighted by Gasteiger charge is -2.09. The van der Waals surface area contributed by atoms with Crippen LogP contribution in [0.4, 0.5) is 17.3 Å². The van der Waals surface area contributed by atoms with Gasteiger partial charge in [-0.25, -0.2) is 15.0 Å². The lowest BCUT2D eigenvalue weighted by atomic mass is 10.2. The predicted molar refractivity (Wildman–Crippen MR) is 110 cm³/mol. The summed E-state index contributed by atoms with van der Waals surface area (Å²) < 4.78 is 0. The number of carbonyl (C=O) groups is 2. The molecule has 0 radical (unpaired) electrons. The van der Waals surface area contributed by atoms with E-state index in [0.29, 0.717) is 11.6 Å². The Morgan fingerprint density at radius 1 is 1.11 bits per heavy atom. The molecule has 0 fully saturated rings. The second-order valence-electron chi connectivity index (χ2n) is 6.08. The number of carbonyl (C=O) groups excluding carboxylic acids is 2. The molecule has 3 aromatic rings. The molecule has 0 unspecified atom stereocenters. The number of hydrogen-bond donors (Lipinski definition) is 3. The summed E-state index contributed by atoms with van der Waals surface area (Å²) in [7, 11) is 0. The van der Waals surface area contributed by atoms with Crippen molar-refractivity contribution >= 4 is 40.5 Å². The average molecular weight is 396 g/mol. The van der Waals surface area contributed by atoms with Crippen LogP contribution in [-0.4, -0.2) is 33.3 Å². The van der Waals surface area contributed by atoms with Crippen molar-refractivity contribution in [3.63, 3.8) is 0 Å².